The first-order valence-corrected chi connectivity index (χ1v) is 4.82. The zero-order valence-electron chi connectivity index (χ0n) is 8.90. The van der Waals surface area contributed by atoms with Crippen LogP contribution in [0.1, 0.15) is 19.7 Å². The Balaban J connectivity index is 2.07. The average molecular weight is 213 g/mol. The van der Waals surface area contributed by atoms with E-state index in [0.717, 1.165) is 0 Å². The SMILES string of the molecule is CC(C)OCC(=O)NCCc1ncno1. The Labute approximate surface area is 88.0 Å². The number of rotatable bonds is 6. The lowest BCUT2D eigenvalue weighted by atomic mass is 10.4. The molecule has 0 spiro atoms. The highest BCUT2D eigenvalue weighted by Gasteiger charge is 2.04. The molecule has 6 heteroatoms. The maximum Gasteiger partial charge on any atom is 0.246 e. The van der Waals surface area contributed by atoms with Crippen molar-refractivity contribution in [3.8, 4) is 0 Å². The summed E-state index contributed by atoms with van der Waals surface area (Å²) in [5, 5.41) is 6.14. The smallest absolute Gasteiger partial charge is 0.246 e. The molecule has 1 aromatic rings. The van der Waals surface area contributed by atoms with Crippen LogP contribution in [0.25, 0.3) is 0 Å². The van der Waals surface area contributed by atoms with Gasteiger partial charge in [0.05, 0.1) is 6.10 Å². The first kappa shape index (κ1) is 11.6. The lowest BCUT2D eigenvalue weighted by molar-refractivity contribution is -0.127. The van der Waals surface area contributed by atoms with Crippen LogP contribution < -0.4 is 5.32 Å². The molecule has 1 aromatic heterocycles. The lowest BCUT2D eigenvalue weighted by Crippen LogP contribution is -2.30. The minimum Gasteiger partial charge on any atom is -0.369 e. The van der Waals surface area contributed by atoms with Crippen LogP contribution in [0.15, 0.2) is 10.9 Å². The highest BCUT2D eigenvalue weighted by atomic mass is 16.5. The third-order valence-corrected chi connectivity index (χ3v) is 1.62. The predicted octanol–water partition coefficient (Wildman–Crippen LogP) is 0.153. The van der Waals surface area contributed by atoms with Gasteiger partial charge in [-0.05, 0) is 13.8 Å². The normalized spacial score (nSPS) is 10.6. The highest BCUT2D eigenvalue weighted by Crippen LogP contribution is 1.91. The molecule has 1 rings (SSSR count). The number of amides is 1. The van der Waals surface area contributed by atoms with E-state index < -0.39 is 0 Å². The molecule has 0 aliphatic heterocycles. The van der Waals surface area contributed by atoms with Crippen LogP contribution in [0, 0.1) is 0 Å². The van der Waals surface area contributed by atoms with Crippen molar-refractivity contribution in [1.82, 2.24) is 15.5 Å². The van der Waals surface area contributed by atoms with E-state index >= 15 is 0 Å². The third kappa shape index (κ3) is 5.11. The zero-order valence-corrected chi connectivity index (χ0v) is 8.90. The molecule has 84 valence electrons. The maximum absolute atomic E-state index is 11.2. The van der Waals surface area contributed by atoms with Crippen molar-refractivity contribution in [2.75, 3.05) is 13.2 Å². The molecule has 0 unspecified atom stereocenters. The number of hydrogen-bond donors (Lipinski definition) is 1. The molecule has 0 aromatic carbocycles. The van der Waals surface area contributed by atoms with Gasteiger partial charge in [-0.3, -0.25) is 4.79 Å². The summed E-state index contributed by atoms with van der Waals surface area (Å²) < 4.78 is 9.90. The van der Waals surface area contributed by atoms with E-state index in [-0.39, 0.29) is 18.6 Å². The van der Waals surface area contributed by atoms with Crippen LogP contribution in [0.4, 0.5) is 0 Å². The van der Waals surface area contributed by atoms with E-state index in [0.29, 0.717) is 18.9 Å². The topological polar surface area (TPSA) is 77.2 Å². The number of nitrogens with one attached hydrogen (secondary N) is 1. The molecule has 0 saturated heterocycles. The van der Waals surface area contributed by atoms with Crippen molar-refractivity contribution >= 4 is 5.91 Å². The second kappa shape index (κ2) is 6.13. The Hall–Kier alpha value is -1.43. The van der Waals surface area contributed by atoms with Crippen molar-refractivity contribution in [2.24, 2.45) is 0 Å². The summed E-state index contributed by atoms with van der Waals surface area (Å²) in [6, 6.07) is 0. The standard InChI is InChI=1S/C9H15N3O3/c1-7(2)14-5-8(13)10-4-3-9-11-6-12-15-9/h6-7H,3-5H2,1-2H3,(H,10,13). The zero-order chi connectivity index (χ0) is 11.1. The quantitative estimate of drug-likeness (QED) is 0.728. The minimum atomic E-state index is -0.136. The van der Waals surface area contributed by atoms with E-state index in [1.54, 1.807) is 0 Å². The molecule has 0 radical (unpaired) electrons. The summed E-state index contributed by atoms with van der Waals surface area (Å²) in [7, 11) is 0. The third-order valence-electron chi connectivity index (χ3n) is 1.62. The molecule has 15 heavy (non-hydrogen) atoms. The van der Waals surface area contributed by atoms with Crippen LogP contribution >= 0.6 is 0 Å². The molecular formula is C9H15N3O3. The van der Waals surface area contributed by atoms with Gasteiger partial charge < -0.3 is 14.6 Å². The summed E-state index contributed by atoms with van der Waals surface area (Å²) in [5.74, 6) is 0.378. The highest BCUT2D eigenvalue weighted by molar-refractivity contribution is 5.77. The average Bonchev–Trinajstić information content (AvgIpc) is 2.67. The van der Waals surface area contributed by atoms with Gasteiger partial charge in [0.25, 0.3) is 0 Å². The summed E-state index contributed by atoms with van der Waals surface area (Å²) in [6.45, 7) is 4.32. The molecule has 0 fully saturated rings. The Bertz CT molecular complexity index is 285. The summed E-state index contributed by atoms with van der Waals surface area (Å²) in [5.41, 5.74) is 0. The molecule has 0 aliphatic rings. The van der Waals surface area contributed by atoms with Crippen molar-refractivity contribution in [1.29, 1.82) is 0 Å². The maximum atomic E-state index is 11.2. The molecule has 0 atom stereocenters. The van der Waals surface area contributed by atoms with E-state index in [9.17, 15) is 4.79 Å². The van der Waals surface area contributed by atoms with Gasteiger partial charge >= 0.3 is 0 Å². The molecule has 6 nitrogen and oxygen atoms in total. The van der Waals surface area contributed by atoms with Crippen LogP contribution in [0.5, 0.6) is 0 Å². The van der Waals surface area contributed by atoms with Crippen molar-refractivity contribution < 1.29 is 14.1 Å². The van der Waals surface area contributed by atoms with Gasteiger partial charge in [-0.1, -0.05) is 5.16 Å². The van der Waals surface area contributed by atoms with Crippen LogP contribution in [-0.2, 0) is 16.0 Å². The largest absolute Gasteiger partial charge is 0.369 e. The molecular weight excluding hydrogens is 198 g/mol. The second-order valence-corrected chi connectivity index (χ2v) is 3.29. The molecule has 1 N–H and O–H groups in total. The van der Waals surface area contributed by atoms with Gasteiger partial charge in [-0.15, -0.1) is 0 Å². The number of ether oxygens (including phenoxy) is 1. The fourth-order valence-electron chi connectivity index (χ4n) is 0.908. The van der Waals surface area contributed by atoms with Gasteiger partial charge in [-0.2, -0.15) is 4.98 Å². The summed E-state index contributed by atoms with van der Waals surface area (Å²) in [4.78, 5) is 15.0. The summed E-state index contributed by atoms with van der Waals surface area (Å²) >= 11 is 0. The number of carbonyl (C=O) groups is 1. The second-order valence-electron chi connectivity index (χ2n) is 3.29. The van der Waals surface area contributed by atoms with Gasteiger partial charge in [-0.25, -0.2) is 0 Å². The van der Waals surface area contributed by atoms with Gasteiger partial charge in [0.15, 0.2) is 6.33 Å². The Morgan fingerprint density at radius 3 is 3.07 bits per heavy atom. The van der Waals surface area contributed by atoms with E-state index in [1.165, 1.54) is 6.33 Å². The Morgan fingerprint density at radius 2 is 2.47 bits per heavy atom. The van der Waals surface area contributed by atoms with E-state index in [4.69, 9.17) is 9.26 Å². The first-order valence-electron chi connectivity index (χ1n) is 4.82. The monoisotopic (exact) mass is 213 g/mol. The Kier molecular flexibility index (Phi) is 4.76. The molecule has 0 aliphatic carbocycles. The van der Waals surface area contributed by atoms with E-state index in [2.05, 4.69) is 15.5 Å². The lowest BCUT2D eigenvalue weighted by Gasteiger charge is -2.07. The number of nitrogens with zero attached hydrogens (tertiary/aromatic N) is 2. The molecule has 0 bridgehead atoms. The van der Waals surface area contributed by atoms with Crippen molar-refractivity contribution in [2.45, 2.75) is 26.4 Å². The number of hydrogen-bond acceptors (Lipinski definition) is 5. The first-order chi connectivity index (χ1) is 7.18. The fraction of sp³-hybridized carbons (Fsp3) is 0.667. The molecule has 1 amide bonds. The summed E-state index contributed by atoms with van der Waals surface area (Å²) in [6.07, 6.45) is 1.93. The van der Waals surface area contributed by atoms with Gasteiger partial charge in [0.1, 0.15) is 6.61 Å². The van der Waals surface area contributed by atoms with Crippen LogP contribution in [0.3, 0.4) is 0 Å². The van der Waals surface area contributed by atoms with E-state index in [1.807, 2.05) is 13.8 Å². The van der Waals surface area contributed by atoms with Crippen LogP contribution in [0.2, 0.25) is 0 Å². The number of carbonyl (C=O) groups excluding carboxylic acids is 1. The van der Waals surface area contributed by atoms with Crippen molar-refractivity contribution in [3.05, 3.63) is 12.2 Å². The molecule has 0 saturated carbocycles. The number of aromatic nitrogens is 2. The van der Waals surface area contributed by atoms with Gasteiger partial charge in [0, 0.05) is 13.0 Å². The Morgan fingerprint density at radius 1 is 1.67 bits per heavy atom. The predicted molar refractivity (Wildman–Crippen MR) is 52.1 cm³/mol. The molecule has 1 heterocycles. The fourth-order valence-corrected chi connectivity index (χ4v) is 0.908. The van der Waals surface area contributed by atoms with Crippen LogP contribution in [-0.4, -0.2) is 35.3 Å². The van der Waals surface area contributed by atoms with Crippen molar-refractivity contribution in [3.63, 3.8) is 0 Å². The minimum absolute atomic E-state index is 0.0618. The van der Waals surface area contributed by atoms with Gasteiger partial charge in [0.2, 0.25) is 11.8 Å².